The van der Waals surface area contributed by atoms with Crippen molar-refractivity contribution in [2.24, 2.45) is 12.0 Å². The summed E-state index contributed by atoms with van der Waals surface area (Å²) in [5, 5.41) is 0. The minimum Gasteiger partial charge on any atom is -0.486 e. The van der Waals surface area contributed by atoms with Crippen LogP contribution in [0.1, 0.15) is 0 Å². The Bertz CT molecular complexity index is 1060. The number of carbonyl (C=O) groups is 1. The number of rotatable bonds is 3. The highest BCUT2D eigenvalue weighted by molar-refractivity contribution is 7.16. The van der Waals surface area contributed by atoms with E-state index in [0.29, 0.717) is 29.5 Å². The van der Waals surface area contributed by atoms with Crippen LogP contribution in [0.2, 0.25) is 0 Å². The zero-order chi connectivity index (χ0) is 18.1. The molecule has 1 aromatic heterocycles. The number of hydrogen-bond acceptors (Lipinski definition) is 5. The molecular weight excluding hydrogens is 359 g/mol. The summed E-state index contributed by atoms with van der Waals surface area (Å²) in [4.78, 5) is 16.7. The molecular formula is C18H15FN2O4S. The van der Waals surface area contributed by atoms with Crippen molar-refractivity contribution in [1.29, 1.82) is 0 Å². The van der Waals surface area contributed by atoms with Gasteiger partial charge in [-0.3, -0.25) is 4.79 Å². The first-order chi connectivity index (χ1) is 12.6. The Hall–Kier alpha value is -2.87. The maximum absolute atomic E-state index is 13.5. The third-order valence-electron chi connectivity index (χ3n) is 3.88. The van der Waals surface area contributed by atoms with Crippen LogP contribution in [0.4, 0.5) is 4.39 Å². The van der Waals surface area contributed by atoms with Gasteiger partial charge in [-0.15, -0.1) is 0 Å². The fraction of sp³-hybridized carbons (Fsp3) is 0.222. The van der Waals surface area contributed by atoms with Gasteiger partial charge in [0.15, 0.2) is 34.5 Å². The fourth-order valence-electron chi connectivity index (χ4n) is 2.61. The summed E-state index contributed by atoms with van der Waals surface area (Å²) in [7, 11) is 1.82. The third kappa shape index (κ3) is 3.15. The number of hydrogen-bond donors (Lipinski definition) is 0. The Morgan fingerprint density at radius 2 is 2.00 bits per heavy atom. The second-order valence-corrected chi connectivity index (χ2v) is 6.64. The van der Waals surface area contributed by atoms with E-state index in [2.05, 4.69) is 4.99 Å². The number of para-hydroxylation sites is 1. The summed E-state index contributed by atoms with van der Waals surface area (Å²) in [5.41, 5.74) is 0.890. The Morgan fingerprint density at radius 1 is 1.27 bits per heavy atom. The molecule has 1 aliphatic rings. The van der Waals surface area contributed by atoms with Gasteiger partial charge in [-0.1, -0.05) is 23.5 Å². The van der Waals surface area contributed by atoms with Gasteiger partial charge in [0.2, 0.25) is 0 Å². The lowest BCUT2D eigenvalue weighted by Crippen LogP contribution is -2.17. The van der Waals surface area contributed by atoms with Crippen molar-refractivity contribution < 1.29 is 23.4 Å². The lowest BCUT2D eigenvalue weighted by molar-refractivity contribution is -0.120. The third-order valence-corrected chi connectivity index (χ3v) is 4.98. The molecule has 0 atom stereocenters. The summed E-state index contributed by atoms with van der Waals surface area (Å²) < 4.78 is 32.6. The predicted molar refractivity (Wildman–Crippen MR) is 94.3 cm³/mol. The van der Waals surface area contributed by atoms with Crippen LogP contribution >= 0.6 is 11.3 Å². The van der Waals surface area contributed by atoms with E-state index < -0.39 is 11.7 Å². The number of amides is 1. The molecule has 0 fully saturated rings. The second kappa shape index (κ2) is 6.80. The standard InChI is InChI=1S/C18H15FN2O4S/c1-21-12-8-14-15(24-7-6-23-14)9-16(12)26-18(21)20-17(22)10-25-13-5-3-2-4-11(13)19/h2-5,8-9H,6-7,10H2,1H3. The number of nitrogens with zero attached hydrogens (tertiary/aromatic N) is 2. The van der Waals surface area contributed by atoms with Crippen LogP contribution in [0.3, 0.4) is 0 Å². The van der Waals surface area contributed by atoms with Gasteiger partial charge in [0.25, 0.3) is 5.91 Å². The Labute approximate surface area is 152 Å². The van der Waals surface area contributed by atoms with E-state index >= 15 is 0 Å². The largest absolute Gasteiger partial charge is 0.486 e. The minimum atomic E-state index is -0.515. The number of aromatic nitrogens is 1. The summed E-state index contributed by atoms with van der Waals surface area (Å²) in [6.07, 6.45) is 0. The predicted octanol–water partition coefficient (Wildman–Crippen LogP) is 2.66. The lowest BCUT2D eigenvalue weighted by Gasteiger charge is -2.18. The Morgan fingerprint density at radius 3 is 2.77 bits per heavy atom. The number of aryl methyl sites for hydroxylation is 1. The minimum absolute atomic E-state index is 0.0266. The molecule has 4 rings (SSSR count). The van der Waals surface area contributed by atoms with Crippen LogP contribution in [-0.4, -0.2) is 30.3 Å². The van der Waals surface area contributed by atoms with Gasteiger partial charge in [0, 0.05) is 19.2 Å². The summed E-state index contributed by atoms with van der Waals surface area (Å²) in [6, 6.07) is 9.69. The monoisotopic (exact) mass is 374 g/mol. The molecule has 0 spiro atoms. The number of benzene rings is 2. The number of fused-ring (bicyclic) bond motifs is 2. The molecule has 0 N–H and O–H groups in total. The van der Waals surface area contributed by atoms with E-state index in [1.165, 1.54) is 23.5 Å². The first-order valence-corrected chi connectivity index (χ1v) is 8.77. The molecule has 26 heavy (non-hydrogen) atoms. The number of carbonyl (C=O) groups excluding carboxylic acids is 1. The van der Waals surface area contributed by atoms with Crippen molar-refractivity contribution in [3.05, 3.63) is 47.0 Å². The van der Waals surface area contributed by atoms with Crippen molar-refractivity contribution in [1.82, 2.24) is 4.57 Å². The molecule has 0 aliphatic carbocycles. The van der Waals surface area contributed by atoms with Crippen LogP contribution in [0.15, 0.2) is 41.4 Å². The molecule has 6 nitrogen and oxygen atoms in total. The summed E-state index contributed by atoms with van der Waals surface area (Å²) in [5.74, 6) is 0.383. The Balaban J connectivity index is 1.60. The van der Waals surface area contributed by atoms with Gasteiger partial charge < -0.3 is 18.8 Å². The second-order valence-electron chi connectivity index (χ2n) is 5.63. The van der Waals surface area contributed by atoms with Crippen LogP contribution in [0.5, 0.6) is 17.2 Å². The average Bonchev–Trinajstić information content (AvgIpc) is 2.94. The van der Waals surface area contributed by atoms with Crippen LogP contribution in [0, 0.1) is 5.82 Å². The van der Waals surface area contributed by atoms with E-state index in [0.717, 1.165) is 10.2 Å². The van der Waals surface area contributed by atoms with E-state index in [4.69, 9.17) is 14.2 Å². The number of halogens is 1. The van der Waals surface area contributed by atoms with Crippen molar-refractivity contribution in [3.8, 4) is 17.2 Å². The smallest absolute Gasteiger partial charge is 0.286 e. The van der Waals surface area contributed by atoms with Crippen molar-refractivity contribution in [2.45, 2.75) is 0 Å². The average molecular weight is 374 g/mol. The Kier molecular flexibility index (Phi) is 4.34. The quantitative estimate of drug-likeness (QED) is 0.707. The van der Waals surface area contributed by atoms with E-state index in [1.54, 1.807) is 16.7 Å². The maximum Gasteiger partial charge on any atom is 0.286 e. The molecule has 0 unspecified atom stereocenters. The molecule has 0 saturated heterocycles. The molecule has 134 valence electrons. The highest BCUT2D eigenvalue weighted by atomic mass is 32.1. The van der Waals surface area contributed by atoms with Gasteiger partial charge in [0.05, 0.1) is 10.2 Å². The van der Waals surface area contributed by atoms with Crippen molar-refractivity contribution in [3.63, 3.8) is 0 Å². The summed E-state index contributed by atoms with van der Waals surface area (Å²) in [6.45, 7) is 0.687. The molecule has 0 bridgehead atoms. The highest BCUT2D eigenvalue weighted by Gasteiger charge is 2.15. The van der Waals surface area contributed by atoms with Gasteiger partial charge in [-0.25, -0.2) is 4.39 Å². The summed E-state index contributed by atoms with van der Waals surface area (Å²) >= 11 is 1.36. The molecule has 2 aromatic carbocycles. The van der Waals surface area contributed by atoms with Crippen LogP contribution in [0.25, 0.3) is 10.2 Å². The van der Waals surface area contributed by atoms with Gasteiger partial charge in [-0.2, -0.15) is 4.99 Å². The zero-order valence-corrected chi connectivity index (χ0v) is 14.7. The number of ether oxygens (including phenoxy) is 3. The van der Waals surface area contributed by atoms with Gasteiger partial charge in [0.1, 0.15) is 13.2 Å². The normalized spacial score (nSPS) is 13.8. The molecule has 3 aromatic rings. The SMILES string of the molecule is Cn1c(=NC(=O)COc2ccccc2F)sc2cc3c(cc21)OCCO3. The van der Waals surface area contributed by atoms with Crippen LogP contribution < -0.4 is 19.0 Å². The van der Waals surface area contributed by atoms with Crippen LogP contribution in [-0.2, 0) is 11.8 Å². The van der Waals surface area contributed by atoms with E-state index in [-0.39, 0.29) is 12.4 Å². The van der Waals surface area contributed by atoms with Gasteiger partial charge >= 0.3 is 0 Å². The molecule has 0 saturated carbocycles. The molecule has 2 heterocycles. The first kappa shape index (κ1) is 16.6. The number of thiazole rings is 1. The lowest BCUT2D eigenvalue weighted by atomic mass is 10.3. The maximum atomic E-state index is 13.5. The first-order valence-electron chi connectivity index (χ1n) is 7.96. The zero-order valence-electron chi connectivity index (χ0n) is 13.9. The van der Waals surface area contributed by atoms with E-state index in [1.807, 2.05) is 19.2 Å². The van der Waals surface area contributed by atoms with Crippen molar-refractivity contribution in [2.75, 3.05) is 19.8 Å². The molecule has 8 heteroatoms. The molecule has 1 amide bonds. The topological polar surface area (TPSA) is 62.1 Å². The highest BCUT2D eigenvalue weighted by Crippen LogP contribution is 2.35. The van der Waals surface area contributed by atoms with E-state index in [9.17, 15) is 9.18 Å². The van der Waals surface area contributed by atoms with Gasteiger partial charge in [-0.05, 0) is 12.1 Å². The van der Waals surface area contributed by atoms with Crippen molar-refractivity contribution >= 4 is 27.5 Å². The molecule has 1 aliphatic heterocycles. The molecule has 0 radical (unpaired) electrons. The fourth-order valence-corrected chi connectivity index (χ4v) is 3.66.